The van der Waals surface area contributed by atoms with Crippen LogP contribution in [0.1, 0.15) is 10.4 Å². The van der Waals surface area contributed by atoms with Gasteiger partial charge in [0.15, 0.2) is 11.9 Å². The van der Waals surface area contributed by atoms with Gasteiger partial charge in [0.1, 0.15) is 0 Å². The quantitative estimate of drug-likeness (QED) is 0.606. The Labute approximate surface area is 62.3 Å². The summed E-state index contributed by atoms with van der Waals surface area (Å²) in [7, 11) is 0. The van der Waals surface area contributed by atoms with Crippen molar-refractivity contribution in [1.82, 2.24) is 15.0 Å². The molecule has 0 amide bonds. The van der Waals surface area contributed by atoms with E-state index >= 15 is 0 Å². The largest absolute Gasteiger partial charge is 0.343 e. The summed E-state index contributed by atoms with van der Waals surface area (Å²) < 4.78 is 0. The van der Waals surface area contributed by atoms with E-state index in [0.29, 0.717) is 16.7 Å². The minimum atomic E-state index is 0.578. The van der Waals surface area contributed by atoms with Crippen LogP contribution in [0, 0.1) is 0 Å². The molecule has 4 nitrogen and oxygen atoms in total. The fourth-order valence-electron chi connectivity index (χ4n) is 0.967. The number of aromatic nitrogens is 3. The second-order valence-corrected chi connectivity index (χ2v) is 2.12. The molecule has 4 heteroatoms. The van der Waals surface area contributed by atoms with Crippen molar-refractivity contribution >= 4 is 17.5 Å². The summed E-state index contributed by atoms with van der Waals surface area (Å²) in [5.74, 6) is 0. The fraction of sp³-hybridized carbons (Fsp3) is 0. The molecule has 0 bridgehead atoms. The molecule has 2 aromatic heterocycles. The average Bonchev–Trinajstić information content (AvgIpc) is 2.50. The highest BCUT2D eigenvalue weighted by Gasteiger charge is 2.00. The zero-order valence-electron chi connectivity index (χ0n) is 5.61. The highest BCUT2D eigenvalue weighted by molar-refractivity contribution is 5.91. The first kappa shape index (κ1) is 6.03. The Balaban J connectivity index is 2.88. The number of pyridine rings is 1. The van der Waals surface area contributed by atoms with Gasteiger partial charge >= 0.3 is 0 Å². The molecule has 11 heavy (non-hydrogen) atoms. The second-order valence-electron chi connectivity index (χ2n) is 2.12. The zero-order chi connectivity index (χ0) is 7.68. The Morgan fingerprint density at radius 3 is 3.18 bits per heavy atom. The molecule has 2 rings (SSSR count). The maximum absolute atomic E-state index is 10.4. The standard InChI is InChI=1S/C7H5N3O/c11-3-5-1-2-8-7-6(5)9-4-10-7/h1-4H,(H,8,9,10). The summed E-state index contributed by atoms with van der Waals surface area (Å²) in [4.78, 5) is 21.1. The molecule has 2 heterocycles. The van der Waals surface area contributed by atoms with Crippen molar-refractivity contribution in [2.24, 2.45) is 0 Å². The Morgan fingerprint density at radius 1 is 1.45 bits per heavy atom. The number of rotatable bonds is 1. The molecule has 0 spiro atoms. The molecule has 0 aromatic carbocycles. The Morgan fingerprint density at radius 2 is 2.36 bits per heavy atom. The highest BCUT2D eigenvalue weighted by atomic mass is 16.1. The maximum Gasteiger partial charge on any atom is 0.178 e. The van der Waals surface area contributed by atoms with E-state index < -0.39 is 0 Å². The lowest BCUT2D eigenvalue weighted by atomic mass is 10.3. The average molecular weight is 147 g/mol. The maximum atomic E-state index is 10.4. The van der Waals surface area contributed by atoms with Gasteiger partial charge in [-0.05, 0) is 6.07 Å². The topological polar surface area (TPSA) is 58.6 Å². The van der Waals surface area contributed by atoms with Gasteiger partial charge in [0, 0.05) is 11.8 Å². The van der Waals surface area contributed by atoms with Gasteiger partial charge in [0.2, 0.25) is 0 Å². The third kappa shape index (κ3) is 0.797. The number of imidazole rings is 1. The Bertz CT molecular complexity index is 393. The minimum Gasteiger partial charge on any atom is -0.343 e. The first-order valence-electron chi connectivity index (χ1n) is 3.15. The lowest BCUT2D eigenvalue weighted by Crippen LogP contribution is -1.83. The van der Waals surface area contributed by atoms with Crippen molar-refractivity contribution < 1.29 is 4.79 Å². The van der Waals surface area contributed by atoms with Crippen molar-refractivity contribution in [2.75, 3.05) is 0 Å². The highest BCUT2D eigenvalue weighted by Crippen LogP contribution is 2.08. The van der Waals surface area contributed by atoms with Gasteiger partial charge in [-0.15, -0.1) is 0 Å². The van der Waals surface area contributed by atoms with Crippen LogP contribution in [-0.4, -0.2) is 21.2 Å². The number of hydrogen-bond acceptors (Lipinski definition) is 3. The van der Waals surface area contributed by atoms with Crippen LogP contribution in [0.2, 0.25) is 0 Å². The zero-order valence-corrected chi connectivity index (χ0v) is 5.61. The van der Waals surface area contributed by atoms with Crippen LogP contribution < -0.4 is 0 Å². The van der Waals surface area contributed by atoms with Crippen LogP contribution in [-0.2, 0) is 0 Å². The lowest BCUT2D eigenvalue weighted by Gasteiger charge is -1.89. The minimum absolute atomic E-state index is 0.578. The molecule has 0 aliphatic rings. The van der Waals surface area contributed by atoms with Crippen LogP contribution in [0.15, 0.2) is 18.6 Å². The Kier molecular flexibility index (Phi) is 1.18. The van der Waals surface area contributed by atoms with E-state index in [1.54, 1.807) is 12.3 Å². The summed E-state index contributed by atoms with van der Waals surface area (Å²) in [6.45, 7) is 0. The van der Waals surface area contributed by atoms with Crippen LogP contribution >= 0.6 is 0 Å². The first-order valence-corrected chi connectivity index (χ1v) is 3.15. The fourth-order valence-corrected chi connectivity index (χ4v) is 0.967. The van der Waals surface area contributed by atoms with Gasteiger partial charge < -0.3 is 4.98 Å². The van der Waals surface area contributed by atoms with E-state index in [1.165, 1.54) is 6.33 Å². The third-order valence-corrected chi connectivity index (χ3v) is 1.49. The number of H-pyrrole nitrogens is 1. The number of aldehydes is 1. The molecule has 0 atom stereocenters. The summed E-state index contributed by atoms with van der Waals surface area (Å²) >= 11 is 0. The SMILES string of the molecule is O=Cc1ccnc2nc[nH]c12. The Hall–Kier alpha value is -1.71. The number of carbonyl (C=O) groups excluding carboxylic acids is 1. The van der Waals surface area contributed by atoms with E-state index in [0.717, 1.165) is 6.29 Å². The molecule has 2 aromatic rings. The van der Waals surface area contributed by atoms with Gasteiger partial charge in [-0.2, -0.15) is 0 Å². The summed E-state index contributed by atoms with van der Waals surface area (Å²) in [6, 6.07) is 1.65. The molecule has 0 unspecified atom stereocenters. The molecule has 0 fully saturated rings. The molecular weight excluding hydrogens is 142 g/mol. The van der Waals surface area contributed by atoms with Gasteiger partial charge in [0.05, 0.1) is 11.8 Å². The molecule has 0 saturated heterocycles. The molecule has 0 radical (unpaired) electrons. The van der Waals surface area contributed by atoms with Gasteiger partial charge in [-0.3, -0.25) is 4.79 Å². The molecule has 0 aliphatic carbocycles. The van der Waals surface area contributed by atoms with Crippen molar-refractivity contribution in [2.45, 2.75) is 0 Å². The number of carbonyl (C=O) groups is 1. The number of aromatic amines is 1. The van der Waals surface area contributed by atoms with Crippen LogP contribution in [0.3, 0.4) is 0 Å². The lowest BCUT2D eigenvalue weighted by molar-refractivity contribution is 0.112. The van der Waals surface area contributed by atoms with Crippen molar-refractivity contribution in [1.29, 1.82) is 0 Å². The van der Waals surface area contributed by atoms with Gasteiger partial charge in [-0.25, -0.2) is 9.97 Å². The number of nitrogens with one attached hydrogen (secondary N) is 1. The molecular formula is C7H5N3O. The predicted octanol–water partition coefficient (Wildman–Crippen LogP) is 0.770. The monoisotopic (exact) mass is 147 g/mol. The van der Waals surface area contributed by atoms with Crippen molar-refractivity contribution in [3.05, 3.63) is 24.2 Å². The normalized spacial score (nSPS) is 10.2. The summed E-state index contributed by atoms with van der Waals surface area (Å²) in [5, 5.41) is 0. The van der Waals surface area contributed by atoms with E-state index in [1.807, 2.05) is 0 Å². The molecule has 1 N–H and O–H groups in total. The van der Waals surface area contributed by atoms with Gasteiger partial charge in [-0.1, -0.05) is 0 Å². The summed E-state index contributed by atoms with van der Waals surface area (Å²) in [6.07, 6.45) is 3.86. The van der Waals surface area contributed by atoms with Gasteiger partial charge in [0.25, 0.3) is 0 Å². The second kappa shape index (κ2) is 2.16. The van der Waals surface area contributed by atoms with Crippen molar-refractivity contribution in [3.63, 3.8) is 0 Å². The van der Waals surface area contributed by atoms with E-state index in [9.17, 15) is 4.79 Å². The first-order chi connectivity index (χ1) is 5.42. The summed E-state index contributed by atoms with van der Waals surface area (Å²) in [5.41, 5.74) is 1.87. The predicted molar refractivity (Wildman–Crippen MR) is 39.3 cm³/mol. The number of fused-ring (bicyclic) bond motifs is 1. The van der Waals surface area contributed by atoms with Crippen LogP contribution in [0.5, 0.6) is 0 Å². The van der Waals surface area contributed by atoms with E-state index in [2.05, 4.69) is 15.0 Å². The molecule has 54 valence electrons. The third-order valence-electron chi connectivity index (χ3n) is 1.49. The van der Waals surface area contributed by atoms with E-state index in [-0.39, 0.29) is 0 Å². The number of nitrogens with zero attached hydrogens (tertiary/aromatic N) is 2. The molecule has 0 aliphatic heterocycles. The van der Waals surface area contributed by atoms with Crippen LogP contribution in [0.4, 0.5) is 0 Å². The smallest absolute Gasteiger partial charge is 0.178 e. The van der Waals surface area contributed by atoms with E-state index in [4.69, 9.17) is 0 Å². The number of hydrogen-bond donors (Lipinski definition) is 1. The van der Waals surface area contributed by atoms with Crippen LogP contribution in [0.25, 0.3) is 11.2 Å². The molecule has 0 saturated carbocycles. The van der Waals surface area contributed by atoms with Crippen molar-refractivity contribution in [3.8, 4) is 0 Å².